The van der Waals surface area contributed by atoms with Gasteiger partial charge in [0.1, 0.15) is 0 Å². The molecule has 70 valence electrons. The minimum atomic E-state index is -0.132. The number of pyridine rings is 1. The number of aromatic nitrogens is 1. The van der Waals surface area contributed by atoms with Crippen LogP contribution in [-0.4, -0.2) is 15.7 Å². The van der Waals surface area contributed by atoms with Crippen LogP contribution in [0.3, 0.4) is 0 Å². The molecule has 0 saturated heterocycles. The van der Waals surface area contributed by atoms with Crippen LogP contribution in [0.5, 0.6) is 0 Å². The van der Waals surface area contributed by atoms with E-state index in [-0.39, 0.29) is 10.7 Å². The monoisotopic (exact) mass is 242 g/mol. The molecule has 0 spiro atoms. The molecular formula is C9H11BrN2O. The Morgan fingerprint density at radius 1 is 1.77 bits per heavy atom. The van der Waals surface area contributed by atoms with E-state index in [4.69, 9.17) is 0 Å². The topological polar surface area (TPSA) is 42.0 Å². The molecule has 0 bridgehead atoms. The van der Waals surface area contributed by atoms with Crippen molar-refractivity contribution in [3.05, 3.63) is 24.5 Å². The van der Waals surface area contributed by atoms with Crippen LogP contribution in [0.2, 0.25) is 0 Å². The molecule has 4 heteroatoms. The van der Waals surface area contributed by atoms with Crippen LogP contribution in [0.25, 0.3) is 0 Å². The van der Waals surface area contributed by atoms with E-state index in [9.17, 15) is 4.79 Å². The van der Waals surface area contributed by atoms with Crippen molar-refractivity contribution in [1.29, 1.82) is 0 Å². The molecule has 0 aromatic carbocycles. The summed E-state index contributed by atoms with van der Waals surface area (Å²) < 4.78 is 0. The summed E-state index contributed by atoms with van der Waals surface area (Å²) in [5.41, 5.74) is 0.727. The number of alkyl halides is 1. The maximum absolute atomic E-state index is 11.4. The summed E-state index contributed by atoms with van der Waals surface area (Å²) in [4.78, 5) is 15.1. The zero-order chi connectivity index (χ0) is 9.68. The normalized spacial score (nSPS) is 12.2. The molecule has 1 aromatic rings. The number of hydrogen-bond donors (Lipinski definition) is 1. The second-order valence-electron chi connectivity index (χ2n) is 2.61. The number of anilines is 1. The largest absolute Gasteiger partial charge is 0.324 e. The predicted molar refractivity (Wildman–Crippen MR) is 55.9 cm³/mol. The SMILES string of the molecule is CCC(Br)C(=O)Nc1cccnc1. The lowest BCUT2D eigenvalue weighted by molar-refractivity contribution is -0.115. The van der Waals surface area contributed by atoms with Crippen molar-refractivity contribution in [3.63, 3.8) is 0 Å². The van der Waals surface area contributed by atoms with Crippen LogP contribution >= 0.6 is 15.9 Å². The molecule has 1 heterocycles. The maximum Gasteiger partial charge on any atom is 0.238 e. The van der Waals surface area contributed by atoms with Crippen molar-refractivity contribution in [3.8, 4) is 0 Å². The average Bonchev–Trinajstić information content (AvgIpc) is 2.18. The summed E-state index contributed by atoms with van der Waals surface area (Å²) in [7, 11) is 0. The summed E-state index contributed by atoms with van der Waals surface area (Å²) in [5.74, 6) is -0.0319. The summed E-state index contributed by atoms with van der Waals surface area (Å²) in [6, 6.07) is 3.59. The molecular weight excluding hydrogens is 232 g/mol. The Bertz CT molecular complexity index is 276. The van der Waals surface area contributed by atoms with Crippen LogP contribution in [0, 0.1) is 0 Å². The van der Waals surface area contributed by atoms with Crippen molar-refractivity contribution in [2.75, 3.05) is 5.32 Å². The number of carbonyl (C=O) groups excluding carboxylic acids is 1. The lowest BCUT2D eigenvalue weighted by Crippen LogP contribution is -2.21. The Morgan fingerprint density at radius 3 is 3.08 bits per heavy atom. The van der Waals surface area contributed by atoms with Gasteiger partial charge in [-0.1, -0.05) is 22.9 Å². The van der Waals surface area contributed by atoms with Gasteiger partial charge in [0.2, 0.25) is 5.91 Å². The summed E-state index contributed by atoms with van der Waals surface area (Å²) in [5, 5.41) is 2.74. The highest BCUT2D eigenvalue weighted by atomic mass is 79.9. The van der Waals surface area contributed by atoms with Crippen molar-refractivity contribution < 1.29 is 4.79 Å². The van der Waals surface area contributed by atoms with E-state index in [2.05, 4.69) is 26.2 Å². The third-order valence-corrected chi connectivity index (χ3v) is 2.64. The lowest BCUT2D eigenvalue weighted by atomic mass is 10.3. The van der Waals surface area contributed by atoms with Crippen LogP contribution in [0.15, 0.2) is 24.5 Å². The Kier molecular flexibility index (Phi) is 3.89. The fourth-order valence-corrected chi connectivity index (χ4v) is 0.957. The number of amides is 1. The van der Waals surface area contributed by atoms with Crippen molar-refractivity contribution in [1.82, 2.24) is 4.98 Å². The van der Waals surface area contributed by atoms with E-state index in [1.165, 1.54) is 0 Å². The Labute approximate surface area is 85.7 Å². The van der Waals surface area contributed by atoms with Gasteiger partial charge in [-0.05, 0) is 18.6 Å². The van der Waals surface area contributed by atoms with Gasteiger partial charge in [-0.3, -0.25) is 9.78 Å². The maximum atomic E-state index is 11.4. The van der Waals surface area contributed by atoms with Gasteiger partial charge in [0.15, 0.2) is 0 Å². The molecule has 1 aromatic heterocycles. The molecule has 1 atom stereocenters. The van der Waals surface area contributed by atoms with Crippen molar-refractivity contribution in [2.24, 2.45) is 0 Å². The number of nitrogens with one attached hydrogen (secondary N) is 1. The molecule has 0 aliphatic carbocycles. The highest BCUT2D eigenvalue weighted by Crippen LogP contribution is 2.09. The zero-order valence-electron chi connectivity index (χ0n) is 7.33. The van der Waals surface area contributed by atoms with Gasteiger partial charge in [0.05, 0.1) is 16.7 Å². The third-order valence-electron chi connectivity index (χ3n) is 1.57. The van der Waals surface area contributed by atoms with E-state index >= 15 is 0 Å². The number of carbonyl (C=O) groups is 1. The second kappa shape index (κ2) is 4.97. The first-order valence-electron chi connectivity index (χ1n) is 4.09. The van der Waals surface area contributed by atoms with Gasteiger partial charge in [-0.25, -0.2) is 0 Å². The van der Waals surface area contributed by atoms with Gasteiger partial charge in [0, 0.05) is 6.20 Å². The minimum absolute atomic E-state index is 0.0319. The van der Waals surface area contributed by atoms with Gasteiger partial charge >= 0.3 is 0 Å². The third kappa shape index (κ3) is 3.14. The van der Waals surface area contributed by atoms with E-state index in [0.717, 1.165) is 12.1 Å². The van der Waals surface area contributed by atoms with Gasteiger partial charge in [0.25, 0.3) is 0 Å². The van der Waals surface area contributed by atoms with Gasteiger partial charge in [-0.2, -0.15) is 0 Å². The lowest BCUT2D eigenvalue weighted by Gasteiger charge is -2.07. The molecule has 1 unspecified atom stereocenters. The van der Waals surface area contributed by atoms with Gasteiger partial charge in [-0.15, -0.1) is 0 Å². The first-order chi connectivity index (χ1) is 6.24. The highest BCUT2D eigenvalue weighted by Gasteiger charge is 2.11. The summed E-state index contributed by atoms with van der Waals surface area (Å²) >= 11 is 3.27. The number of rotatable bonds is 3. The molecule has 1 amide bonds. The minimum Gasteiger partial charge on any atom is -0.324 e. The van der Waals surface area contributed by atoms with Crippen molar-refractivity contribution >= 4 is 27.5 Å². The molecule has 13 heavy (non-hydrogen) atoms. The molecule has 0 aliphatic heterocycles. The Balaban J connectivity index is 2.55. The van der Waals surface area contributed by atoms with E-state index in [1.807, 2.05) is 6.92 Å². The average molecular weight is 243 g/mol. The molecule has 1 N–H and O–H groups in total. The fraction of sp³-hybridized carbons (Fsp3) is 0.333. The molecule has 1 rings (SSSR count). The van der Waals surface area contributed by atoms with E-state index in [1.54, 1.807) is 24.5 Å². The predicted octanol–water partition coefficient (Wildman–Crippen LogP) is 2.19. The molecule has 0 fully saturated rings. The van der Waals surface area contributed by atoms with Crippen molar-refractivity contribution in [2.45, 2.75) is 18.2 Å². The fourth-order valence-electron chi connectivity index (χ4n) is 0.843. The van der Waals surface area contributed by atoms with Gasteiger partial charge < -0.3 is 5.32 Å². The van der Waals surface area contributed by atoms with Crippen LogP contribution < -0.4 is 5.32 Å². The standard InChI is InChI=1S/C9H11BrN2O/c1-2-8(10)9(13)12-7-4-3-5-11-6-7/h3-6,8H,2H2,1H3,(H,12,13). The summed E-state index contributed by atoms with van der Waals surface area (Å²) in [6.07, 6.45) is 4.06. The Hall–Kier alpha value is -0.900. The molecule has 0 aliphatic rings. The van der Waals surface area contributed by atoms with E-state index < -0.39 is 0 Å². The highest BCUT2D eigenvalue weighted by molar-refractivity contribution is 9.10. The number of halogens is 1. The first-order valence-corrected chi connectivity index (χ1v) is 5.00. The molecule has 0 radical (unpaired) electrons. The Morgan fingerprint density at radius 2 is 2.54 bits per heavy atom. The van der Waals surface area contributed by atoms with E-state index in [0.29, 0.717) is 0 Å². The molecule has 3 nitrogen and oxygen atoms in total. The number of nitrogens with zero attached hydrogens (tertiary/aromatic N) is 1. The summed E-state index contributed by atoms with van der Waals surface area (Å²) in [6.45, 7) is 1.95. The van der Waals surface area contributed by atoms with Crippen LogP contribution in [-0.2, 0) is 4.79 Å². The first kappa shape index (κ1) is 10.2. The van der Waals surface area contributed by atoms with Crippen LogP contribution in [0.4, 0.5) is 5.69 Å². The number of hydrogen-bond acceptors (Lipinski definition) is 2. The second-order valence-corrected chi connectivity index (χ2v) is 3.71. The molecule has 0 saturated carbocycles. The zero-order valence-corrected chi connectivity index (χ0v) is 8.91. The quantitative estimate of drug-likeness (QED) is 0.827. The smallest absolute Gasteiger partial charge is 0.238 e. The van der Waals surface area contributed by atoms with Crippen LogP contribution in [0.1, 0.15) is 13.3 Å².